The van der Waals surface area contributed by atoms with E-state index < -0.39 is 0 Å². The lowest BCUT2D eigenvalue weighted by Crippen LogP contribution is -2.49. The van der Waals surface area contributed by atoms with Crippen LogP contribution in [0.2, 0.25) is 0 Å². The zero-order valence-electron chi connectivity index (χ0n) is 24.3. The molecule has 0 atom stereocenters. The summed E-state index contributed by atoms with van der Waals surface area (Å²) in [5, 5.41) is 0. The smallest absolute Gasteiger partial charge is 0.224 e. The molecule has 0 radical (unpaired) electrons. The molecule has 0 aliphatic carbocycles. The number of carbonyl (C=O) groups excluding carboxylic acids is 1. The summed E-state index contributed by atoms with van der Waals surface area (Å²) in [6.45, 7) is 5.49. The molecule has 0 bridgehead atoms. The van der Waals surface area contributed by atoms with Gasteiger partial charge >= 0.3 is 0 Å². The minimum atomic E-state index is -0.247. The number of rotatable bonds is 6. The second-order valence-corrected chi connectivity index (χ2v) is 11.7. The van der Waals surface area contributed by atoms with Crippen molar-refractivity contribution in [3.05, 3.63) is 90.0 Å². The minimum Gasteiger partial charge on any atom is -0.492 e. The summed E-state index contributed by atoms with van der Waals surface area (Å²) in [5.41, 5.74) is 3.47. The van der Waals surface area contributed by atoms with E-state index in [1.54, 1.807) is 12.1 Å². The van der Waals surface area contributed by atoms with Crippen LogP contribution in [-0.2, 0) is 17.8 Å². The van der Waals surface area contributed by atoms with Crippen LogP contribution in [-0.4, -0.2) is 67.1 Å². The van der Waals surface area contributed by atoms with Crippen LogP contribution in [0.1, 0.15) is 49.8 Å². The summed E-state index contributed by atoms with van der Waals surface area (Å²) in [6.07, 6.45) is 8.88. The van der Waals surface area contributed by atoms with Gasteiger partial charge in [-0.25, -0.2) is 4.39 Å². The number of piperidine rings is 1. The molecule has 218 valence electrons. The number of pyridine rings is 1. The van der Waals surface area contributed by atoms with Crippen molar-refractivity contribution >= 4 is 11.6 Å². The number of carbonyl (C=O) groups is 1. The van der Waals surface area contributed by atoms with E-state index in [9.17, 15) is 9.18 Å². The third kappa shape index (κ3) is 8.07. The summed E-state index contributed by atoms with van der Waals surface area (Å²) >= 11 is 0. The van der Waals surface area contributed by atoms with E-state index in [4.69, 9.17) is 4.74 Å². The highest BCUT2D eigenvalue weighted by molar-refractivity contribution is 5.77. The van der Waals surface area contributed by atoms with Crippen LogP contribution in [0.4, 0.5) is 10.1 Å². The third-order valence-corrected chi connectivity index (χ3v) is 8.82. The first-order chi connectivity index (χ1) is 20.0. The number of ether oxygens (including phenoxy) is 1. The van der Waals surface area contributed by atoms with E-state index in [-0.39, 0.29) is 17.1 Å². The Kier molecular flexibility index (Phi) is 9.88. The number of aromatic nitrogens is 1. The Morgan fingerprint density at radius 1 is 0.976 bits per heavy atom. The van der Waals surface area contributed by atoms with E-state index in [1.165, 1.54) is 30.5 Å². The standard InChI is InChI=1S/C34H43FN4O2/c1-37(31-14-12-29(35)13-15-31)21-16-33(40)39-22-18-34(19-23-39)17-6-4-9-28-8-2-3-11-32(28)41-25-24-38(27-34)26-30-10-5-7-20-36-30/h2-3,5,7-8,10-15,20H,4,6,9,16-19,21-27H2,1H3. The molecule has 1 spiro atoms. The molecule has 3 aromatic rings. The quantitative estimate of drug-likeness (QED) is 0.374. The summed E-state index contributed by atoms with van der Waals surface area (Å²) in [6, 6.07) is 21.0. The van der Waals surface area contributed by atoms with E-state index in [0.29, 0.717) is 19.6 Å². The lowest BCUT2D eigenvalue weighted by molar-refractivity contribution is -0.133. The molecule has 1 amide bonds. The maximum Gasteiger partial charge on any atom is 0.224 e. The Morgan fingerprint density at radius 2 is 1.76 bits per heavy atom. The molecule has 41 heavy (non-hydrogen) atoms. The fraction of sp³-hybridized carbons (Fsp3) is 0.471. The van der Waals surface area contributed by atoms with Crippen LogP contribution in [0, 0.1) is 11.2 Å². The van der Waals surface area contributed by atoms with Crippen molar-refractivity contribution in [2.24, 2.45) is 5.41 Å². The SMILES string of the molecule is CN(CCC(=O)N1CCC2(CCCCc3ccccc3OCCN(Cc3ccccn3)C2)CC1)c1ccc(F)cc1. The fourth-order valence-corrected chi connectivity index (χ4v) is 6.32. The number of benzene rings is 2. The molecule has 2 aliphatic rings. The normalized spacial score (nSPS) is 18.0. The maximum atomic E-state index is 13.3. The van der Waals surface area contributed by atoms with Crippen molar-refractivity contribution in [3.8, 4) is 5.75 Å². The van der Waals surface area contributed by atoms with Gasteiger partial charge in [0.2, 0.25) is 5.91 Å². The number of aryl methyl sites for hydroxylation is 1. The fourth-order valence-electron chi connectivity index (χ4n) is 6.32. The topological polar surface area (TPSA) is 48.9 Å². The predicted molar refractivity (Wildman–Crippen MR) is 162 cm³/mol. The average Bonchev–Trinajstić information content (AvgIpc) is 2.99. The van der Waals surface area contributed by atoms with Crippen LogP contribution < -0.4 is 9.64 Å². The van der Waals surface area contributed by atoms with Gasteiger partial charge in [-0.15, -0.1) is 0 Å². The van der Waals surface area contributed by atoms with Crippen molar-refractivity contribution in [2.75, 3.05) is 51.3 Å². The van der Waals surface area contributed by atoms with Crippen LogP contribution in [0.3, 0.4) is 0 Å². The van der Waals surface area contributed by atoms with E-state index >= 15 is 0 Å². The van der Waals surface area contributed by atoms with Crippen molar-refractivity contribution in [1.82, 2.24) is 14.8 Å². The Hall–Kier alpha value is -3.45. The number of likely N-dealkylation sites (tertiary alicyclic amines) is 1. The highest BCUT2D eigenvalue weighted by atomic mass is 19.1. The molecule has 2 aliphatic heterocycles. The van der Waals surface area contributed by atoms with Gasteiger partial charge in [0.25, 0.3) is 0 Å². The van der Waals surface area contributed by atoms with Crippen LogP contribution in [0.25, 0.3) is 0 Å². The summed E-state index contributed by atoms with van der Waals surface area (Å²) in [4.78, 5) is 24.4. The first-order valence-electron chi connectivity index (χ1n) is 15.1. The maximum absolute atomic E-state index is 13.3. The Morgan fingerprint density at radius 3 is 2.54 bits per heavy atom. The van der Waals surface area contributed by atoms with Crippen molar-refractivity contribution < 1.29 is 13.9 Å². The average molecular weight is 559 g/mol. The van der Waals surface area contributed by atoms with E-state index in [0.717, 1.165) is 75.5 Å². The highest BCUT2D eigenvalue weighted by Crippen LogP contribution is 2.39. The Balaban J connectivity index is 1.23. The molecule has 5 rings (SSSR count). The van der Waals surface area contributed by atoms with Crippen molar-refractivity contribution in [1.29, 1.82) is 0 Å². The summed E-state index contributed by atoms with van der Waals surface area (Å²) < 4.78 is 19.6. The number of fused-ring (bicyclic) bond motifs is 1. The number of amides is 1. The van der Waals surface area contributed by atoms with Gasteiger partial charge in [0.05, 0.1) is 5.69 Å². The van der Waals surface area contributed by atoms with Crippen molar-refractivity contribution in [2.45, 2.75) is 51.5 Å². The van der Waals surface area contributed by atoms with Gasteiger partial charge in [-0.2, -0.15) is 0 Å². The van der Waals surface area contributed by atoms with Crippen LogP contribution >= 0.6 is 0 Å². The van der Waals surface area contributed by atoms with Crippen LogP contribution in [0.15, 0.2) is 72.9 Å². The van der Waals surface area contributed by atoms with Gasteiger partial charge in [-0.05, 0) is 85.5 Å². The van der Waals surface area contributed by atoms with Gasteiger partial charge in [0, 0.05) is 64.6 Å². The lowest BCUT2D eigenvalue weighted by Gasteiger charge is -2.45. The molecule has 0 N–H and O–H groups in total. The zero-order valence-corrected chi connectivity index (χ0v) is 24.3. The lowest BCUT2D eigenvalue weighted by atomic mass is 9.73. The zero-order chi connectivity index (χ0) is 28.5. The number of hydrogen-bond acceptors (Lipinski definition) is 5. The van der Waals surface area contributed by atoms with Gasteiger partial charge in [-0.1, -0.05) is 30.7 Å². The molecule has 2 aromatic carbocycles. The first kappa shape index (κ1) is 29.1. The molecular weight excluding hydrogens is 515 g/mol. The molecule has 7 heteroatoms. The second kappa shape index (κ2) is 13.9. The number of para-hydroxylation sites is 1. The molecular formula is C34H43FN4O2. The molecule has 6 nitrogen and oxygen atoms in total. The van der Waals surface area contributed by atoms with E-state index in [1.807, 2.05) is 24.2 Å². The Bertz CT molecular complexity index is 1250. The largest absolute Gasteiger partial charge is 0.492 e. The van der Waals surface area contributed by atoms with E-state index in [2.05, 4.69) is 51.2 Å². The number of halogens is 1. The molecule has 0 unspecified atom stereocenters. The van der Waals surface area contributed by atoms with Gasteiger partial charge < -0.3 is 14.5 Å². The molecule has 3 heterocycles. The number of anilines is 1. The van der Waals surface area contributed by atoms with Gasteiger partial charge in [0.1, 0.15) is 18.2 Å². The molecule has 1 saturated heterocycles. The van der Waals surface area contributed by atoms with Gasteiger partial charge in [0.15, 0.2) is 0 Å². The predicted octanol–water partition coefficient (Wildman–Crippen LogP) is 5.96. The second-order valence-electron chi connectivity index (χ2n) is 11.7. The van der Waals surface area contributed by atoms with Gasteiger partial charge in [-0.3, -0.25) is 14.7 Å². The monoisotopic (exact) mass is 558 g/mol. The molecule has 1 fully saturated rings. The first-order valence-corrected chi connectivity index (χ1v) is 15.1. The third-order valence-electron chi connectivity index (χ3n) is 8.82. The number of nitrogens with zero attached hydrogens (tertiary/aromatic N) is 4. The molecule has 0 saturated carbocycles. The summed E-state index contributed by atoms with van der Waals surface area (Å²) in [7, 11) is 1.95. The van der Waals surface area contributed by atoms with Crippen LogP contribution in [0.5, 0.6) is 5.75 Å². The Labute approximate surface area is 244 Å². The summed E-state index contributed by atoms with van der Waals surface area (Å²) in [5.74, 6) is 0.970. The van der Waals surface area contributed by atoms with Crippen molar-refractivity contribution in [3.63, 3.8) is 0 Å². The molecule has 1 aromatic heterocycles. The minimum absolute atomic E-state index is 0.176. The highest BCUT2D eigenvalue weighted by Gasteiger charge is 2.37. The number of hydrogen-bond donors (Lipinski definition) is 0.